The third-order valence-electron chi connectivity index (χ3n) is 13.8. The van der Waals surface area contributed by atoms with Crippen LogP contribution in [0.3, 0.4) is 0 Å². The molecule has 0 radical (unpaired) electrons. The van der Waals surface area contributed by atoms with E-state index in [1.54, 1.807) is 0 Å². The summed E-state index contributed by atoms with van der Waals surface area (Å²) >= 11 is 0. The van der Waals surface area contributed by atoms with Crippen LogP contribution in [-0.2, 0) is 15.6 Å². The lowest BCUT2D eigenvalue weighted by Gasteiger charge is -2.52. The summed E-state index contributed by atoms with van der Waals surface area (Å²) in [6, 6.07) is 89.7. The summed E-state index contributed by atoms with van der Waals surface area (Å²) in [5.74, 6) is 0.107. The molecule has 0 aliphatic heterocycles. The van der Waals surface area contributed by atoms with Gasteiger partial charge in [-0.1, -0.05) is 249 Å². The summed E-state index contributed by atoms with van der Waals surface area (Å²) < 4.78 is 7.37. The van der Waals surface area contributed by atoms with E-state index in [0.29, 0.717) is 5.75 Å². The normalized spacial score (nSPS) is 11.9. The fourth-order valence-corrected chi connectivity index (χ4v) is 11.2. The van der Waals surface area contributed by atoms with Crippen LogP contribution < -0.4 is 4.74 Å². The fraction of sp³-hybridized carbons (Fsp3) is 0.0317. The van der Waals surface area contributed by atoms with Gasteiger partial charge in [-0.3, -0.25) is 4.79 Å². The number of fused-ring (bicyclic) bond motifs is 6. The minimum absolute atomic E-state index is 0. The van der Waals surface area contributed by atoms with Crippen molar-refractivity contribution >= 4 is 70.6 Å². The van der Waals surface area contributed by atoms with E-state index in [1.165, 1.54) is 0 Å². The number of benzene rings is 12. The lowest BCUT2D eigenvalue weighted by Crippen LogP contribution is -2.58. The van der Waals surface area contributed by atoms with Gasteiger partial charge in [-0.2, -0.15) is 0 Å². The van der Waals surface area contributed by atoms with Crippen molar-refractivity contribution in [3.05, 3.63) is 283 Å². The van der Waals surface area contributed by atoms with E-state index in [2.05, 4.69) is 224 Å². The van der Waals surface area contributed by atoms with E-state index in [9.17, 15) is 0 Å². The minimum atomic E-state index is -1.68. The highest BCUT2D eigenvalue weighted by molar-refractivity contribution is 6.09. The smallest absolute Gasteiger partial charge is 0.328 e. The van der Waals surface area contributed by atoms with Gasteiger partial charge in [-0.05, 0) is 93.1 Å². The molecule has 12 rings (SSSR count). The first-order valence-corrected chi connectivity index (χ1v) is 22.3. The molecule has 0 bridgehead atoms. The maximum absolute atomic E-state index is 17.7. The quantitative estimate of drug-likeness (QED) is 0.0869. The molecule has 0 unspecified atom stereocenters. The molecule has 0 aliphatic carbocycles. The number of esters is 1. The molecule has 0 spiro atoms. The minimum Gasteiger partial charge on any atom is -0.425 e. The summed E-state index contributed by atoms with van der Waals surface area (Å²) in [4.78, 5) is 17.7. The van der Waals surface area contributed by atoms with E-state index in [1.807, 2.05) is 30.3 Å². The Balaban J connectivity index is 0.00000481. The Bertz CT molecular complexity index is 3510. The van der Waals surface area contributed by atoms with Crippen molar-refractivity contribution in [3.8, 4) is 5.75 Å². The fourth-order valence-electron chi connectivity index (χ4n) is 11.2. The average Bonchev–Trinajstić information content (AvgIpc) is 3.37. The summed E-state index contributed by atoms with van der Waals surface area (Å²) in [5.41, 5.74) is 1.59. The monoisotopic (exact) mass is 848 g/mol. The van der Waals surface area contributed by atoms with Crippen LogP contribution >= 0.6 is 0 Å². The van der Waals surface area contributed by atoms with Crippen LogP contribution in [0.25, 0.3) is 64.6 Å². The van der Waals surface area contributed by atoms with Gasteiger partial charge in [0.15, 0.2) is 0 Å². The molecule has 0 atom stereocenters. The predicted octanol–water partition coefficient (Wildman–Crippen LogP) is 14.7. The van der Waals surface area contributed by atoms with Crippen LogP contribution in [0.4, 0.5) is 0 Å². The van der Waals surface area contributed by atoms with E-state index in [0.717, 1.165) is 92.5 Å². The largest absolute Gasteiger partial charge is 0.425 e. The van der Waals surface area contributed by atoms with E-state index < -0.39 is 16.8 Å². The summed E-state index contributed by atoms with van der Waals surface area (Å²) in [5, 5.41) is 12.2. The number of hydrogen-bond donors (Lipinski definition) is 0. The van der Waals surface area contributed by atoms with Crippen LogP contribution in [-0.4, -0.2) is 11.4 Å². The third-order valence-corrected chi connectivity index (χ3v) is 13.8. The Morgan fingerprint density at radius 1 is 0.273 bits per heavy atom. The molecule has 0 heterocycles. The first-order valence-electron chi connectivity index (χ1n) is 22.3. The molecule has 12 aromatic carbocycles. The van der Waals surface area contributed by atoms with E-state index in [4.69, 9.17) is 4.74 Å². The zero-order valence-electron chi connectivity index (χ0n) is 36.1. The third kappa shape index (κ3) is 5.98. The van der Waals surface area contributed by atoms with Gasteiger partial charge < -0.3 is 10.2 Å². The van der Waals surface area contributed by atoms with E-state index in [-0.39, 0.29) is 5.48 Å². The number of ether oxygens (including phenoxy) is 1. The number of rotatable bonds is 8. The van der Waals surface area contributed by atoms with Gasteiger partial charge in [0.25, 0.3) is 0 Å². The van der Waals surface area contributed by atoms with Crippen molar-refractivity contribution in [2.24, 2.45) is 0 Å². The van der Waals surface area contributed by atoms with Gasteiger partial charge in [0, 0.05) is 5.39 Å². The standard InChI is InChI=1S/C63H42O2.H2O/c64-61(65-60-42-18-30-48-24-6-12-36-54(48)60)63(58-40-16-28-46-22-4-10-34-52(46)58,59-41-17-29-47-23-5-11-35-53(47)59)62(55-37-13-25-43-19-1-7-31-49(43)55,56-38-14-26-44-20-2-8-32-50(44)56)57-39-15-27-45-21-3-9-33-51(45)57;/h1-42H;1H2. The predicted molar refractivity (Wildman–Crippen MR) is 274 cm³/mol. The molecule has 3 heteroatoms. The Kier molecular flexibility index (Phi) is 9.99. The van der Waals surface area contributed by atoms with Crippen molar-refractivity contribution < 1.29 is 15.0 Å². The van der Waals surface area contributed by atoms with Crippen molar-refractivity contribution in [2.45, 2.75) is 10.8 Å². The molecular formula is C63H44O3. The van der Waals surface area contributed by atoms with Gasteiger partial charge in [-0.25, -0.2) is 0 Å². The molecule has 0 aliphatic rings. The SMILES string of the molecule is O.O=C(Oc1cccc2ccccc12)C(c1cccc2ccccc12)(c1cccc2ccccc12)C(c1cccc2ccccc12)(c1cccc2ccccc12)c1cccc2ccccc12. The second-order valence-electron chi connectivity index (χ2n) is 17.0. The molecule has 0 fully saturated rings. The topological polar surface area (TPSA) is 57.8 Å². The molecule has 2 N–H and O–H groups in total. The van der Waals surface area contributed by atoms with Gasteiger partial charge in [0.2, 0.25) is 0 Å². The Hall–Kier alpha value is -8.37. The zero-order valence-corrected chi connectivity index (χ0v) is 36.1. The Labute approximate surface area is 383 Å². The molecule has 314 valence electrons. The molecule has 0 saturated heterocycles. The Morgan fingerprint density at radius 3 is 0.864 bits per heavy atom. The van der Waals surface area contributed by atoms with E-state index >= 15 is 4.79 Å². The highest BCUT2D eigenvalue weighted by Crippen LogP contribution is 2.62. The van der Waals surface area contributed by atoms with Crippen molar-refractivity contribution in [3.63, 3.8) is 0 Å². The van der Waals surface area contributed by atoms with Gasteiger partial charge in [0.1, 0.15) is 11.2 Å². The van der Waals surface area contributed by atoms with Crippen LogP contribution in [0.2, 0.25) is 0 Å². The van der Waals surface area contributed by atoms with Crippen LogP contribution in [0, 0.1) is 0 Å². The molecule has 0 saturated carbocycles. The van der Waals surface area contributed by atoms with Crippen molar-refractivity contribution in [2.75, 3.05) is 0 Å². The number of hydrogen-bond acceptors (Lipinski definition) is 2. The van der Waals surface area contributed by atoms with Crippen molar-refractivity contribution in [1.82, 2.24) is 0 Å². The maximum atomic E-state index is 17.7. The second-order valence-corrected chi connectivity index (χ2v) is 17.0. The van der Waals surface area contributed by atoms with Crippen LogP contribution in [0.5, 0.6) is 5.75 Å². The van der Waals surface area contributed by atoms with Gasteiger partial charge in [-0.15, -0.1) is 0 Å². The molecule has 0 amide bonds. The van der Waals surface area contributed by atoms with Crippen LogP contribution in [0.15, 0.2) is 255 Å². The lowest BCUT2D eigenvalue weighted by atomic mass is 9.47. The number of carbonyl (C=O) groups is 1. The molecule has 66 heavy (non-hydrogen) atoms. The average molecular weight is 849 g/mol. The molecule has 3 nitrogen and oxygen atoms in total. The zero-order chi connectivity index (χ0) is 43.4. The molecular weight excluding hydrogens is 805 g/mol. The molecule has 12 aromatic rings. The van der Waals surface area contributed by atoms with Crippen LogP contribution in [0.1, 0.15) is 27.8 Å². The van der Waals surface area contributed by atoms with Crippen molar-refractivity contribution in [1.29, 1.82) is 0 Å². The van der Waals surface area contributed by atoms with Gasteiger partial charge in [0.05, 0.1) is 5.41 Å². The summed E-state index contributed by atoms with van der Waals surface area (Å²) in [6.45, 7) is 0. The summed E-state index contributed by atoms with van der Waals surface area (Å²) in [7, 11) is 0. The maximum Gasteiger partial charge on any atom is 0.328 e. The second kappa shape index (κ2) is 16.3. The highest BCUT2D eigenvalue weighted by atomic mass is 16.5. The number of carbonyl (C=O) groups excluding carboxylic acids is 1. The lowest BCUT2D eigenvalue weighted by molar-refractivity contribution is -0.140. The Morgan fingerprint density at radius 2 is 0.515 bits per heavy atom. The summed E-state index contributed by atoms with van der Waals surface area (Å²) in [6.07, 6.45) is 0. The first kappa shape index (κ1) is 40.4. The first-order chi connectivity index (χ1) is 32.2. The molecule has 0 aromatic heterocycles. The highest BCUT2D eigenvalue weighted by Gasteiger charge is 2.64. The van der Waals surface area contributed by atoms with Gasteiger partial charge >= 0.3 is 5.97 Å².